The highest BCUT2D eigenvalue weighted by Gasteiger charge is 2.13. The Morgan fingerprint density at radius 2 is 2.06 bits per heavy atom. The second-order valence-electron chi connectivity index (χ2n) is 5.00. The zero-order chi connectivity index (χ0) is 12.5. The third-order valence-corrected chi connectivity index (χ3v) is 3.82. The van der Waals surface area contributed by atoms with Gasteiger partial charge < -0.3 is 15.6 Å². The average molecular weight is 244 g/mol. The Morgan fingerprint density at radius 1 is 1.28 bits per heavy atom. The number of rotatable bonds is 2. The standard InChI is InChI=1S/C14H20N4/c1-17-11(10-18-7-5-16-6-8-18)9-12-13(15)3-2-4-14(12)17/h2-4,9,16H,5-8,10,15H2,1H3. The summed E-state index contributed by atoms with van der Waals surface area (Å²) in [5.41, 5.74) is 9.46. The van der Waals surface area contributed by atoms with Crippen molar-refractivity contribution in [1.82, 2.24) is 14.8 Å². The van der Waals surface area contributed by atoms with Crippen LogP contribution in [0.1, 0.15) is 5.69 Å². The van der Waals surface area contributed by atoms with Gasteiger partial charge in [-0.2, -0.15) is 0 Å². The molecule has 1 aromatic heterocycles. The molecule has 1 fully saturated rings. The van der Waals surface area contributed by atoms with Crippen LogP contribution in [0, 0.1) is 0 Å². The molecule has 2 heterocycles. The van der Waals surface area contributed by atoms with Crippen LogP contribution in [0.4, 0.5) is 5.69 Å². The fraction of sp³-hybridized carbons (Fsp3) is 0.429. The maximum Gasteiger partial charge on any atom is 0.0501 e. The van der Waals surface area contributed by atoms with Gasteiger partial charge in [0.25, 0.3) is 0 Å². The predicted octanol–water partition coefficient (Wildman–Crippen LogP) is 1.17. The number of aryl methyl sites for hydroxylation is 1. The molecule has 4 nitrogen and oxygen atoms in total. The smallest absolute Gasteiger partial charge is 0.0501 e. The second-order valence-corrected chi connectivity index (χ2v) is 5.00. The van der Waals surface area contributed by atoms with Crippen LogP contribution in [0.3, 0.4) is 0 Å². The average Bonchev–Trinajstić information content (AvgIpc) is 2.70. The van der Waals surface area contributed by atoms with Gasteiger partial charge >= 0.3 is 0 Å². The van der Waals surface area contributed by atoms with Crippen molar-refractivity contribution in [2.24, 2.45) is 7.05 Å². The summed E-state index contributed by atoms with van der Waals surface area (Å²) in [6.07, 6.45) is 0. The van der Waals surface area contributed by atoms with Gasteiger partial charge in [0.1, 0.15) is 0 Å². The van der Waals surface area contributed by atoms with E-state index < -0.39 is 0 Å². The SMILES string of the molecule is Cn1c(CN2CCNCC2)cc2c(N)cccc21. The van der Waals surface area contributed by atoms with Gasteiger partial charge in [0.15, 0.2) is 0 Å². The van der Waals surface area contributed by atoms with Gasteiger partial charge in [-0.25, -0.2) is 0 Å². The van der Waals surface area contributed by atoms with Crippen molar-refractivity contribution in [3.8, 4) is 0 Å². The summed E-state index contributed by atoms with van der Waals surface area (Å²) in [6, 6.07) is 8.35. The Bertz CT molecular complexity index is 552. The van der Waals surface area contributed by atoms with Crippen molar-refractivity contribution in [2.45, 2.75) is 6.54 Å². The first-order chi connectivity index (χ1) is 8.75. The monoisotopic (exact) mass is 244 g/mol. The van der Waals surface area contributed by atoms with E-state index in [1.807, 2.05) is 12.1 Å². The summed E-state index contributed by atoms with van der Waals surface area (Å²) < 4.78 is 2.26. The molecule has 4 heteroatoms. The molecular weight excluding hydrogens is 224 g/mol. The number of nitrogens with zero attached hydrogens (tertiary/aromatic N) is 2. The molecule has 0 bridgehead atoms. The molecule has 1 aromatic carbocycles. The third-order valence-electron chi connectivity index (χ3n) is 3.82. The highest BCUT2D eigenvalue weighted by molar-refractivity contribution is 5.92. The Balaban J connectivity index is 1.92. The first kappa shape index (κ1) is 11.6. The first-order valence-electron chi connectivity index (χ1n) is 6.51. The van der Waals surface area contributed by atoms with Gasteiger partial charge in [0.2, 0.25) is 0 Å². The quantitative estimate of drug-likeness (QED) is 0.779. The zero-order valence-corrected chi connectivity index (χ0v) is 10.8. The maximum absolute atomic E-state index is 6.03. The molecule has 1 aliphatic heterocycles. The molecule has 0 spiro atoms. The molecule has 1 saturated heterocycles. The summed E-state index contributed by atoms with van der Waals surface area (Å²) in [4.78, 5) is 2.49. The predicted molar refractivity (Wildman–Crippen MR) is 75.5 cm³/mol. The van der Waals surface area contributed by atoms with Crippen molar-refractivity contribution in [2.75, 3.05) is 31.9 Å². The molecule has 2 aromatic rings. The summed E-state index contributed by atoms with van der Waals surface area (Å²) in [6.45, 7) is 5.43. The summed E-state index contributed by atoms with van der Waals surface area (Å²) in [7, 11) is 2.12. The lowest BCUT2D eigenvalue weighted by Gasteiger charge is -2.27. The van der Waals surface area contributed by atoms with Gasteiger partial charge in [0.05, 0.1) is 5.52 Å². The molecule has 0 atom stereocenters. The van der Waals surface area contributed by atoms with E-state index in [9.17, 15) is 0 Å². The minimum absolute atomic E-state index is 0.870. The van der Waals surface area contributed by atoms with E-state index in [1.165, 1.54) is 16.6 Å². The largest absolute Gasteiger partial charge is 0.398 e. The lowest BCUT2D eigenvalue weighted by Crippen LogP contribution is -2.43. The number of aromatic nitrogens is 1. The number of piperazine rings is 1. The van der Waals surface area contributed by atoms with E-state index in [0.29, 0.717) is 0 Å². The van der Waals surface area contributed by atoms with Crippen LogP contribution >= 0.6 is 0 Å². The summed E-state index contributed by atoms with van der Waals surface area (Å²) >= 11 is 0. The van der Waals surface area contributed by atoms with Crippen molar-refractivity contribution < 1.29 is 0 Å². The molecule has 0 radical (unpaired) electrons. The molecule has 0 amide bonds. The molecule has 0 unspecified atom stereocenters. The van der Waals surface area contributed by atoms with Crippen LogP contribution in [0.15, 0.2) is 24.3 Å². The summed E-state index contributed by atoms with van der Waals surface area (Å²) in [5, 5.41) is 4.55. The highest BCUT2D eigenvalue weighted by atomic mass is 15.2. The van der Waals surface area contributed by atoms with Crippen molar-refractivity contribution in [1.29, 1.82) is 0 Å². The number of hydrogen-bond donors (Lipinski definition) is 2. The van der Waals surface area contributed by atoms with E-state index in [0.717, 1.165) is 38.4 Å². The van der Waals surface area contributed by atoms with Crippen LogP contribution in [0.5, 0.6) is 0 Å². The van der Waals surface area contributed by atoms with Gasteiger partial charge in [-0.1, -0.05) is 6.07 Å². The van der Waals surface area contributed by atoms with Crippen LogP contribution < -0.4 is 11.1 Å². The molecule has 1 aliphatic rings. The summed E-state index contributed by atoms with van der Waals surface area (Å²) in [5.74, 6) is 0. The van der Waals surface area contributed by atoms with Crippen LogP contribution in [-0.4, -0.2) is 35.6 Å². The molecule has 96 valence electrons. The lowest BCUT2D eigenvalue weighted by atomic mass is 10.2. The third kappa shape index (κ3) is 1.98. The van der Waals surface area contributed by atoms with E-state index in [-0.39, 0.29) is 0 Å². The molecule has 18 heavy (non-hydrogen) atoms. The van der Waals surface area contributed by atoms with Crippen LogP contribution in [0.2, 0.25) is 0 Å². The Morgan fingerprint density at radius 3 is 2.78 bits per heavy atom. The molecule has 3 N–H and O–H groups in total. The van der Waals surface area contributed by atoms with Gasteiger partial charge in [-0.05, 0) is 18.2 Å². The Hall–Kier alpha value is -1.52. The van der Waals surface area contributed by atoms with E-state index >= 15 is 0 Å². The number of benzene rings is 1. The van der Waals surface area contributed by atoms with Crippen molar-refractivity contribution >= 4 is 16.6 Å². The topological polar surface area (TPSA) is 46.2 Å². The fourth-order valence-electron chi connectivity index (χ4n) is 2.69. The number of nitrogens with two attached hydrogens (primary N) is 1. The zero-order valence-electron chi connectivity index (χ0n) is 10.8. The van der Waals surface area contributed by atoms with E-state index in [2.05, 4.69) is 34.0 Å². The number of hydrogen-bond acceptors (Lipinski definition) is 3. The van der Waals surface area contributed by atoms with E-state index in [4.69, 9.17) is 5.73 Å². The molecule has 0 aliphatic carbocycles. The first-order valence-corrected chi connectivity index (χ1v) is 6.51. The van der Waals surface area contributed by atoms with E-state index in [1.54, 1.807) is 0 Å². The van der Waals surface area contributed by atoms with Crippen molar-refractivity contribution in [3.63, 3.8) is 0 Å². The Kier molecular flexibility index (Phi) is 2.97. The minimum atomic E-state index is 0.870. The van der Waals surface area contributed by atoms with Gasteiger partial charge in [0, 0.05) is 56.5 Å². The highest BCUT2D eigenvalue weighted by Crippen LogP contribution is 2.24. The lowest BCUT2D eigenvalue weighted by molar-refractivity contribution is 0.229. The molecule has 3 rings (SSSR count). The number of nitrogen functional groups attached to an aromatic ring is 1. The minimum Gasteiger partial charge on any atom is -0.398 e. The van der Waals surface area contributed by atoms with Crippen molar-refractivity contribution in [3.05, 3.63) is 30.0 Å². The van der Waals surface area contributed by atoms with Gasteiger partial charge in [-0.15, -0.1) is 0 Å². The number of nitrogens with one attached hydrogen (secondary N) is 1. The Labute approximate surface area is 107 Å². The van der Waals surface area contributed by atoms with Crippen LogP contribution in [-0.2, 0) is 13.6 Å². The fourth-order valence-corrected chi connectivity index (χ4v) is 2.69. The normalized spacial score (nSPS) is 17.4. The molecule has 0 saturated carbocycles. The van der Waals surface area contributed by atoms with Crippen LogP contribution in [0.25, 0.3) is 10.9 Å². The number of fused-ring (bicyclic) bond motifs is 1. The molecular formula is C14H20N4. The number of anilines is 1. The van der Waals surface area contributed by atoms with Gasteiger partial charge in [-0.3, -0.25) is 4.90 Å². The maximum atomic E-state index is 6.03. The second kappa shape index (κ2) is 4.63.